The number of rotatable bonds is 3. The number of carbonyl (C=O) groups excluding carboxylic acids is 1. The predicted octanol–water partition coefficient (Wildman–Crippen LogP) is 5.43. The molecule has 2 saturated heterocycles. The van der Waals surface area contributed by atoms with Gasteiger partial charge in [-0.15, -0.1) is 0 Å². The zero-order valence-corrected chi connectivity index (χ0v) is 22.3. The highest BCUT2D eigenvalue weighted by Crippen LogP contribution is 2.45. The molecule has 3 aliphatic rings. The average molecular weight is 505 g/mol. The Morgan fingerprint density at radius 1 is 1.14 bits per heavy atom. The number of hydrogen-bond donors (Lipinski definition) is 0. The maximum absolute atomic E-state index is 12.9. The Kier molecular flexibility index (Phi) is 5.76. The molecule has 0 spiro atoms. The first-order valence-corrected chi connectivity index (χ1v) is 13.4. The van der Waals surface area contributed by atoms with Crippen LogP contribution in [0.25, 0.3) is 22.9 Å². The van der Waals surface area contributed by atoms with Crippen LogP contribution in [0, 0.1) is 0 Å². The topological polar surface area (TPSA) is 87.3 Å². The van der Waals surface area contributed by atoms with Crippen LogP contribution in [0.1, 0.15) is 77.8 Å². The summed E-state index contributed by atoms with van der Waals surface area (Å²) in [4.78, 5) is 24.3. The molecule has 2 bridgehead atoms. The van der Waals surface area contributed by atoms with Crippen molar-refractivity contribution in [1.29, 1.82) is 0 Å². The highest BCUT2D eigenvalue weighted by Gasteiger charge is 2.45. The van der Waals surface area contributed by atoms with Gasteiger partial charge in [0.15, 0.2) is 5.82 Å². The maximum atomic E-state index is 12.9. The molecular weight excluding hydrogens is 468 g/mol. The first kappa shape index (κ1) is 24.0. The predicted molar refractivity (Wildman–Crippen MR) is 139 cm³/mol. The molecular formula is C28H36N6O3. The van der Waals surface area contributed by atoms with Gasteiger partial charge in [-0.05, 0) is 83.9 Å². The molecule has 3 aromatic rings. The fourth-order valence-electron chi connectivity index (χ4n) is 6.13. The Bertz CT molecular complexity index is 1310. The molecule has 9 heteroatoms. The second kappa shape index (κ2) is 8.89. The van der Waals surface area contributed by atoms with Gasteiger partial charge in [0.1, 0.15) is 35.8 Å². The van der Waals surface area contributed by atoms with Gasteiger partial charge in [0, 0.05) is 24.3 Å². The lowest BCUT2D eigenvalue weighted by atomic mass is 9.84. The molecule has 0 N–H and O–H groups in total. The van der Waals surface area contributed by atoms with Crippen molar-refractivity contribution in [3.8, 4) is 28.7 Å². The van der Waals surface area contributed by atoms with Crippen LogP contribution in [0.3, 0.4) is 0 Å². The van der Waals surface area contributed by atoms with Gasteiger partial charge >= 0.3 is 6.09 Å². The lowest BCUT2D eigenvalue weighted by Gasteiger charge is -2.39. The van der Waals surface area contributed by atoms with Crippen LogP contribution in [-0.4, -0.2) is 59.6 Å². The fraction of sp³-hybridized carbons (Fsp3) is 0.571. The third-order valence-corrected chi connectivity index (χ3v) is 7.71. The van der Waals surface area contributed by atoms with E-state index in [1.165, 1.54) is 5.56 Å². The van der Waals surface area contributed by atoms with E-state index in [4.69, 9.17) is 14.5 Å². The van der Waals surface area contributed by atoms with Crippen molar-refractivity contribution >= 4 is 6.09 Å². The molecule has 0 saturated carbocycles. The molecule has 2 fully saturated rings. The van der Waals surface area contributed by atoms with Gasteiger partial charge in [0.25, 0.3) is 0 Å². The zero-order valence-electron chi connectivity index (χ0n) is 22.3. The highest BCUT2D eigenvalue weighted by atomic mass is 16.6. The molecule has 0 aliphatic carbocycles. The Balaban J connectivity index is 1.25. The summed E-state index contributed by atoms with van der Waals surface area (Å²) in [6, 6.07) is 7.23. The summed E-state index contributed by atoms with van der Waals surface area (Å²) < 4.78 is 16.0. The third-order valence-electron chi connectivity index (χ3n) is 7.71. The number of aromatic nitrogens is 5. The minimum atomic E-state index is -0.474. The molecule has 6 rings (SSSR count). The number of imidazole rings is 1. The standard InChI is InChI=1S/C28H36N6O3/c1-17(2)34-26(29-16-30-34)23-15-32-10-11-36-24-14-18(6-9-22(24)25(32)31-23)19-12-20-7-8-21(13-19)33(20)27(35)37-28(3,4)5/h6,9,14-17,19-21H,7-8,10-13H2,1-5H3. The normalized spacial score (nSPS) is 22.9. The lowest BCUT2D eigenvalue weighted by Crippen LogP contribution is -2.48. The number of hydrogen-bond acceptors (Lipinski definition) is 6. The van der Waals surface area contributed by atoms with E-state index in [2.05, 4.69) is 52.9 Å². The largest absolute Gasteiger partial charge is 0.491 e. The SMILES string of the molecule is CC(C)n1ncnc1-c1cn2c(n1)-c1ccc(C3CC4CCC(C3)N4C(=O)OC(C)(C)C)cc1OCC2. The second-order valence-electron chi connectivity index (χ2n) is 11.8. The van der Waals surface area contributed by atoms with E-state index in [9.17, 15) is 4.79 Å². The number of carbonyl (C=O) groups is 1. The molecule has 2 atom stereocenters. The molecule has 2 aromatic heterocycles. The Morgan fingerprint density at radius 3 is 2.59 bits per heavy atom. The minimum Gasteiger partial charge on any atom is -0.491 e. The summed E-state index contributed by atoms with van der Waals surface area (Å²) in [5, 5.41) is 4.37. The van der Waals surface area contributed by atoms with Crippen LogP contribution in [0.4, 0.5) is 4.79 Å². The number of ether oxygens (including phenoxy) is 2. The highest BCUT2D eigenvalue weighted by molar-refractivity contribution is 5.70. The van der Waals surface area contributed by atoms with E-state index in [0.29, 0.717) is 12.5 Å². The van der Waals surface area contributed by atoms with E-state index in [1.54, 1.807) is 6.33 Å². The van der Waals surface area contributed by atoms with Crippen LogP contribution in [0.5, 0.6) is 5.75 Å². The third kappa shape index (κ3) is 4.38. The molecule has 5 heterocycles. The summed E-state index contributed by atoms with van der Waals surface area (Å²) in [5.41, 5.74) is 2.62. The maximum Gasteiger partial charge on any atom is 0.410 e. The number of amides is 1. The summed E-state index contributed by atoms with van der Waals surface area (Å²) in [5.74, 6) is 2.95. The molecule has 37 heavy (non-hydrogen) atoms. The van der Waals surface area contributed by atoms with Crippen molar-refractivity contribution in [3.63, 3.8) is 0 Å². The van der Waals surface area contributed by atoms with Gasteiger partial charge in [-0.3, -0.25) is 0 Å². The van der Waals surface area contributed by atoms with Crippen molar-refractivity contribution in [1.82, 2.24) is 29.2 Å². The van der Waals surface area contributed by atoms with Crippen LogP contribution in [0.15, 0.2) is 30.7 Å². The Hall–Kier alpha value is -3.36. The second-order valence-corrected chi connectivity index (χ2v) is 11.8. The monoisotopic (exact) mass is 504 g/mol. The molecule has 3 aliphatic heterocycles. The molecule has 2 unspecified atom stereocenters. The summed E-state index contributed by atoms with van der Waals surface area (Å²) in [6.45, 7) is 11.3. The quantitative estimate of drug-likeness (QED) is 0.473. The van der Waals surface area contributed by atoms with Crippen LogP contribution < -0.4 is 4.74 Å². The Morgan fingerprint density at radius 2 is 1.89 bits per heavy atom. The summed E-state index contributed by atoms with van der Waals surface area (Å²) in [6.07, 6.45) is 7.47. The summed E-state index contributed by atoms with van der Waals surface area (Å²) >= 11 is 0. The fourth-order valence-corrected chi connectivity index (χ4v) is 6.13. The summed E-state index contributed by atoms with van der Waals surface area (Å²) in [7, 11) is 0. The number of fused-ring (bicyclic) bond motifs is 5. The molecule has 196 valence electrons. The molecule has 1 aromatic carbocycles. The van der Waals surface area contributed by atoms with Crippen LogP contribution in [0.2, 0.25) is 0 Å². The van der Waals surface area contributed by atoms with Crippen molar-refractivity contribution in [2.75, 3.05) is 6.61 Å². The van der Waals surface area contributed by atoms with Crippen molar-refractivity contribution in [2.45, 2.75) is 96.5 Å². The van der Waals surface area contributed by atoms with Gasteiger partial charge in [-0.2, -0.15) is 5.10 Å². The molecule has 1 amide bonds. The van der Waals surface area contributed by atoms with Gasteiger partial charge < -0.3 is 18.9 Å². The van der Waals surface area contributed by atoms with E-state index in [-0.39, 0.29) is 24.2 Å². The number of benzene rings is 1. The van der Waals surface area contributed by atoms with Crippen molar-refractivity contribution in [3.05, 3.63) is 36.3 Å². The smallest absolute Gasteiger partial charge is 0.410 e. The average Bonchev–Trinajstić information content (AvgIpc) is 3.52. The van der Waals surface area contributed by atoms with Gasteiger partial charge in [0.05, 0.1) is 12.1 Å². The molecule has 9 nitrogen and oxygen atoms in total. The van der Waals surface area contributed by atoms with Crippen molar-refractivity contribution in [2.24, 2.45) is 0 Å². The van der Waals surface area contributed by atoms with Gasteiger partial charge in [0.2, 0.25) is 0 Å². The van der Waals surface area contributed by atoms with E-state index < -0.39 is 5.60 Å². The van der Waals surface area contributed by atoms with E-state index in [0.717, 1.165) is 60.9 Å². The van der Waals surface area contributed by atoms with Crippen LogP contribution in [-0.2, 0) is 11.3 Å². The Labute approximate surface area is 217 Å². The minimum absolute atomic E-state index is 0.167. The van der Waals surface area contributed by atoms with Crippen molar-refractivity contribution < 1.29 is 14.3 Å². The van der Waals surface area contributed by atoms with E-state index >= 15 is 0 Å². The number of nitrogens with zero attached hydrogens (tertiary/aromatic N) is 6. The van der Waals surface area contributed by atoms with Gasteiger partial charge in [-0.1, -0.05) is 6.07 Å². The first-order valence-electron chi connectivity index (χ1n) is 13.4. The van der Waals surface area contributed by atoms with E-state index in [1.807, 2.05) is 30.4 Å². The number of piperidine rings is 1. The zero-order chi connectivity index (χ0) is 25.9. The van der Waals surface area contributed by atoms with Crippen LogP contribution >= 0.6 is 0 Å². The van der Waals surface area contributed by atoms with Gasteiger partial charge in [-0.25, -0.2) is 19.4 Å². The molecule has 0 radical (unpaired) electrons. The first-order chi connectivity index (χ1) is 17.7. The lowest BCUT2D eigenvalue weighted by molar-refractivity contribution is 0.00583.